The molecular formula is C11H16BrN. The molecule has 0 fully saturated rings. The number of hydrogen-bond acceptors (Lipinski definition) is 1. The summed E-state index contributed by atoms with van der Waals surface area (Å²) in [5, 5.41) is 0.930. The first kappa shape index (κ1) is 10.6. The van der Waals surface area contributed by atoms with Crippen molar-refractivity contribution in [3.8, 4) is 0 Å². The van der Waals surface area contributed by atoms with Crippen LogP contribution in [0.25, 0.3) is 0 Å². The molecule has 0 N–H and O–H groups in total. The lowest BCUT2D eigenvalue weighted by molar-refractivity contribution is 0.861. The Morgan fingerprint density at radius 2 is 1.77 bits per heavy atom. The maximum Gasteiger partial charge on any atom is 0.0407 e. The molecule has 0 spiro atoms. The molecule has 0 bridgehead atoms. The van der Waals surface area contributed by atoms with E-state index in [1.165, 1.54) is 11.3 Å². The van der Waals surface area contributed by atoms with Gasteiger partial charge < -0.3 is 4.90 Å². The number of para-hydroxylation sites is 1. The molecule has 13 heavy (non-hydrogen) atoms. The van der Waals surface area contributed by atoms with Crippen molar-refractivity contribution in [1.29, 1.82) is 0 Å². The van der Waals surface area contributed by atoms with Crippen molar-refractivity contribution in [3.05, 3.63) is 29.8 Å². The fraction of sp³-hybridized carbons (Fsp3) is 0.455. The van der Waals surface area contributed by atoms with Crippen LogP contribution in [0.15, 0.2) is 24.3 Å². The summed E-state index contributed by atoms with van der Waals surface area (Å²) in [6.07, 6.45) is 0. The van der Waals surface area contributed by atoms with E-state index in [1.54, 1.807) is 0 Å². The van der Waals surface area contributed by atoms with Crippen molar-refractivity contribution in [1.82, 2.24) is 0 Å². The van der Waals surface area contributed by atoms with Gasteiger partial charge in [-0.15, -0.1) is 0 Å². The van der Waals surface area contributed by atoms with Crippen LogP contribution in [-0.4, -0.2) is 13.1 Å². The summed E-state index contributed by atoms with van der Waals surface area (Å²) in [7, 11) is 0. The molecule has 72 valence electrons. The number of anilines is 1. The van der Waals surface area contributed by atoms with Gasteiger partial charge in [0.05, 0.1) is 0 Å². The van der Waals surface area contributed by atoms with E-state index in [1.807, 2.05) is 0 Å². The molecule has 0 aliphatic rings. The first-order valence-electron chi connectivity index (χ1n) is 4.72. The van der Waals surface area contributed by atoms with Crippen molar-refractivity contribution in [2.45, 2.75) is 19.2 Å². The van der Waals surface area contributed by atoms with E-state index in [0.29, 0.717) is 0 Å². The zero-order chi connectivity index (χ0) is 9.68. The second-order valence-electron chi connectivity index (χ2n) is 2.93. The Morgan fingerprint density at radius 1 is 1.15 bits per heavy atom. The van der Waals surface area contributed by atoms with Crippen LogP contribution in [-0.2, 0) is 5.33 Å². The van der Waals surface area contributed by atoms with E-state index < -0.39 is 0 Å². The molecule has 0 saturated heterocycles. The first-order chi connectivity index (χ1) is 6.33. The van der Waals surface area contributed by atoms with E-state index in [2.05, 4.69) is 58.9 Å². The first-order valence-corrected chi connectivity index (χ1v) is 5.84. The Bertz CT molecular complexity index is 256. The second-order valence-corrected chi connectivity index (χ2v) is 3.50. The number of nitrogens with zero attached hydrogens (tertiary/aromatic N) is 1. The van der Waals surface area contributed by atoms with Crippen LogP contribution in [0.4, 0.5) is 5.69 Å². The highest BCUT2D eigenvalue weighted by Gasteiger charge is 2.05. The summed E-state index contributed by atoms with van der Waals surface area (Å²) in [6.45, 7) is 6.52. The van der Waals surface area contributed by atoms with Gasteiger partial charge in [0, 0.05) is 24.1 Å². The predicted octanol–water partition coefficient (Wildman–Crippen LogP) is 3.43. The minimum atomic E-state index is 0.930. The van der Waals surface area contributed by atoms with Gasteiger partial charge in [-0.05, 0) is 25.5 Å². The van der Waals surface area contributed by atoms with E-state index in [-0.39, 0.29) is 0 Å². The van der Waals surface area contributed by atoms with Crippen molar-refractivity contribution in [2.75, 3.05) is 18.0 Å². The van der Waals surface area contributed by atoms with Gasteiger partial charge >= 0.3 is 0 Å². The maximum absolute atomic E-state index is 3.51. The van der Waals surface area contributed by atoms with E-state index in [9.17, 15) is 0 Å². The molecule has 2 heteroatoms. The molecule has 0 saturated carbocycles. The van der Waals surface area contributed by atoms with Gasteiger partial charge in [-0.1, -0.05) is 34.1 Å². The Kier molecular flexibility index (Phi) is 4.29. The molecule has 1 nitrogen and oxygen atoms in total. The highest BCUT2D eigenvalue weighted by Crippen LogP contribution is 2.21. The summed E-state index contributed by atoms with van der Waals surface area (Å²) in [5.41, 5.74) is 2.72. The topological polar surface area (TPSA) is 3.24 Å². The molecule has 0 aliphatic heterocycles. The summed E-state index contributed by atoms with van der Waals surface area (Å²) in [4.78, 5) is 2.37. The third-order valence-electron chi connectivity index (χ3n) is 2.24. The maximum atomic E-state index is 3.51. The minimum absolute atomic E-state index is 0.930. The van der Waals surface area contributed by atoms with Gasteiger partial charge in [0.1, 0.15) is 0 Å². The quantitative estimate of drug-likeness (QED) is 0.731. The number of hydrogen-bond donors (Lipinski definition) is 0. The normalized spacial score (nSPS) is 10.1. The minimum Gasteiger partial charge on any atom is -0.372 e. The third kappa shape index (κ3) is 2.47. The van der Waals surface area contributed by atoms with Gasteiger partial charge in [0.25, 0.3) is 0 Å². The highest BCUT2D eigenvalue weighted by molar-refractivity contribution is 9.08. The fourth-order valence-corrected chi connectivity index (χ4v) is 1.97. The highest BCUT2D eigenvalue weighted by atomic mass is 79.9. The van der Waals surface area contributed by atoms with Crippen molar-refractivity contribution >= 4 is 21.6 Å². The summed E-state index contributed by atoms with van der Waals surface area (Å²) in [5.74, 6) is 0. The van der Waals surface area contributed by atoms with Crippen molar-refractivity contribution in [3.63, 3.8) is 0 Å². The molecule has 0 aromatic heterocycles. The van der Waals surface area contributed by atoms with Gasteiger partial charge in [0.2, 0.25) is 0 Å². The van der Waals surface area contributed by atoms with Gasteiger partial charge in [-0.25, -0.2) is 0 Å². The SMILES string of the molecule is CCN(CC)c1ccccc1CBr. The number of rotatable bonds is 4. The molecule has 1 aromatic carbocycles. The van der Waals surface area contributed by atoms with Crippen LogP contribution in [0.2, 0.25) is 0 Å². The largest absolute Gasteiger partial charge is 0.372 e. The Balaban J connectivity index is 2.96. The zero-order valence-corrected chi connectivity index (χ0v) is 9.84. The summed E-state index contributed by atoms with van der Waals surface area (Å²) < 4.78 is 0. The summed E-state index contributed by atoms with van der Waals surface area (Å²) >= 11 is 3.51. The molecule has 0 amide bonds. The summed E-state index contributed by atoms with van der Waals surface area (Å²) in [6, 6.07) is 8.54. The molecule has 1 aromatic rings. The van der Waals surface area contributed by atoms with Gasteiger partial charge in [-0.2, -0.15) is 0 Å². The predicted molar refractivity (Wildman–Crippen MR) is 62.6 cm³/mol. The molecule has 0 atom stereocenters. The van der Waals surface area contributed by atoms with Crippen molar-refractivity contribution in [2.24, 2.45) is 0 Å². The van der Waals surface area contributed by atoms with Crippen molar-refractivity contribution < 1.29 is 0 Å². The molecular weight excluding hydrogens is 226 g/mol. The van der Waals surface area contributed by atoms with E-state index >= 15 is 0 Å². The van der Waals surface area contributed by atoms with Gasteiger partial charge in [-0.3, -0.25) is 0 Å². The average Bonchev–Trinajstić information content (AvgIpc) is 2.20. The standard InChI is InChI=1S/C11H16BrN/c1-3-13(4-2)11-8-6-5-7-10(11)9-12/h5-8H,3-4,9H2,1-2H3. The third-order valence-corrected chi connectivity index (χ3v) is 2.84. The molecule has 1 rings (SSSR count). The van der Waals surface area contributed by atoms with Crippen LogP contribution >= 0.6 is 15.9 Å². The number of halogens is 1. The monoisotopic (exact) mass is 241 g/mol. The van der Waals surface area contributed by atoms with Gasteiger partial charge in [0.15, 0.2) is 0 Å². The molecule has 0 unspecified atom stereocenters. The fourth-order valence-electron chi connectivity index (χ4n) is 1.50. The number of alkyl halides is 1. The smallest absolute Gasteiger partial charge is 0.0407 e. The van der Waals surface area contributed by atoms with Crippen LogP contribution in [0.1, 0.15) is 19.4 Å². The zero-order valence-electron chi connectivity index (χ0n) is 8.26. The Morgan fingerprint density at radius 3 is 2.31 bits per heavy atom. The lowest BCUT2D eigenvalue weighted by atomic mass is 10.2. The molecule has 0 heterocycles. The van der Waals surface area contributed by atoms with Crippen LogP contribution in [0.3, 0.4) is 0 Å². The average molecular weight is 242 g/mol. The van der Waals surface area contributed by atoms with Crippen LogP contribution < -0.4 is 4.90 Å². The van der Waals surface area contributed by atoms with Crippen LogP contribution in [0, 0.1) is 0 Å². The number of benzene rings is 1. The van der Waals surface area contributed by atoms with Crippen LogP contribution in [0.5, 0.6) is 0 Å². The Labute approximate surface area is 88.9 Å². The van der Waals surface area contributed by atoms with E-state index in [0.717, 1.165) is 18.4 Å². The molecule has 0 aliphatic carbocycles. The second kappa shape index (κ2) is 5.28. The lowest BCUT2D eigenvalue weighted by Crippen LogP contribution is -2.22. The molecule has 0 radical (unpaired) electrons. The van der Waals surface area contributed by atoms with E-state index in [4.69, 9.17) is 0 Å². The lowest BCUT2D eigenvalue weighted by Gasteiger charge is -2.23. The Hall–Kier alpha value is -0.500.